The Bertz CT molecular complexity index is 1220. The lowest BCUT2D eigenvalue weighted by atomic mass is 9.94. The normalized spacial score (nSPS) is 17.0. The third kappa shape index (κ3) is 2.54. The van der Waals surface area contributed by atoms with Gasteiger partial charge in [0.05, 0.1) is 12.1 Å². The van der Waals surface area contributed by atoms with Crippen LogP contribution in [0, 0.1) is 6.92 Å². The standard InChI is InChI=1S/C26H24N2O/c1-17(19-11-5-4-6-12-19)28-25(20-13-7-8-14-21(20)26(28)29)24-18(2)27(3)23-16-10-9-15-22(23)24/h4-17,25H,1-3H3/t17-,25-/m1/s1. The molecule has 0 unspecified atom stereocenters. The number of hydrogen-bond donors (Lipinski definition) is 0. The average molecular weight is 380 g/mol. The topological polar surface area (TPSA) is 25.2 Å². The van der Waals surface area contributed by atoms with E-state index in [9.17, 15) is 4.79 Å². The first-order valence-electron chi connectivity index (χ1n) is 10.1. The first kappa shape index (κ1) is 17.7. The van der Waals surface area contributed by atoms with Gasteiger partial charge < -0.3 is 9.47 Å². The summed E-state index contributed by atoms with van der Waals surface area (Å²) in [4.78, 5) is 15.6. The summed E-state index contributed by atoms with van der Waals surface area (Å²) >= 11 is 0. The Morgan fingerprint density at radius 2 is 1.52 bits per heavy atom. The second-order valence-corrected chi connectivity index (χ2v) is 7.86. The van der Waals surface area contributed by atoms with Crippen molar-refractivity contribution in [2.45, 2.75) is 25.9 Å². The van der Waals surface area contributed by atoms with Gasteiger partial charge in [0.15, 0.2) is 0 Å². The van der Waals surface area contributed by atoms with Crippen LogP contribution >= 0.6 is 0 Å². The summed E-state index contributed by atoms with van der Waals surface area (Å²) in [6.07, 6.45) is 0. The predicted octanol–water partition coefficient (Wildman–Crippen LogP) is 5.79. The molecule has 0 fully saturated rings. The summed E-state index contributed by atoms with van der Waals surface area (Å²) in [7, 11) is 2.11. The van der Waals surface area contributed by atoms with Crippen LogP contribution in [-0.2, 0) is 7.05 Å². The minimum absolute atomic E-state index is 0.0283. The molecule has 2 atom stereocenters. The highest BCUT2D eigenvalue weighted by Gasteiger charge is 2.42. The fourth-order valence-corrected chi connectivity index (χ4v) is 4.82. The number of nitrogens with zero attached hydrogens (tertiary/aromatic N) is 2. The van der Waals surface area contributed by atoms with Gasteiger partial charge in [0.2, 0.25) is 0 Å². The van der Waals surface area contributed by atoms with Crippen molar-refractivity contribution >= 4 is 16.8 Å². The van der Waals surface area contributed by atoms with Crippen molar-refractivity contribution in [2.24, 2.45) is 7.05 Å². The molecular formula is C26H24N2O. The summed E-state index contributed by atoms with van der Waals surface area (Å²) < 4.78 is 2.24. The lowest BCUT2D eigenvalue weighted by Crippen LogP contribution is -2.32. The third-order valence-electron chi connectivity index (χ3n) is 6.42. The molecule has 5 rings (SSSR count). The molecule has 0 saturated carbocycles. The second kappa shape index (κ2) is 6.63. The highest BCUT2D eigenvalue weighted by Crippen LogP contribution is 2.46. The Hall–Kier alpha value is -3.33. The van der Waals surface area contributed by atoms with Gasteiger partial charge in [0.25, 0.3) is 5.91 Å². The summed E-state index contributed by atoms with van der Waals surface area (Å²) in [6, 6.07) is 26.7. The minimum Gasteiger partial charge on any atom is -0.348 e. The van der Waals surface area contributed by atoms with E-state index in [1.54, 1.807) is 0 Å². The number of aryl methyl sites for hydroxylation is 1. The van der Waals surface area contributed by atoms with Gasteiger partial charge in [-0.2, -0.15) is 0 Å². The molecule has 0 saturated heterocycles. The van der Waals surface area contributed by atoms with Crippen LogP contribution in [0.15, 0.2) is 78.9 Å². The Labute approximate surface area is 171 Å². The molecule has 0 N–H and O–H groups in total. The van der Waals surface area contributed by atoms with Gasteiger partial charge in [-0.1, -0.05) is 66.7 Å². The largest absolute Gasteiger partial charge is 0.348 e. The molecule has 0 spiro atoms. The maximum absolute atomic E-state index is 13.6. The van der Waals surface area contributed by atoms with Crippen molar-refractivity contribution in [1.29, 1.82) is 0 Å². The van der Waals surface area contributed by atoms with E-state index in [-0.39, 0.29) is 18.0 Å². The van der Waals surface area contributed by atoms with Gasteiger partial charge in [0.1, 0.15) is 0 Å². The maximum atomic E-state index is 13.6. The number of fused-ring (bicyclic) bond motifs is 2. The number of para-hydroxylation sites is 1. The molecule has 0 radical (unpaired) electrons. The Morgan fingerprint density at radius 3 is 2.31 bits per heavy atom. The number of aromatic nitrogens is 1. The first-order chi connectivity index (χ1) is 14.1. The van der Waals surface area contributed by atoms with E-state index in [0.29, 0.717) is 0 Å². The summed E-state index contributed by atoms with van der Waals surface area (Å²) in [6.45, 7) is 4.29. The Morgan fingerprint density at radius 1 is 0.862 bits per heavy atom. The van der Waals surface area contributed by atoms with Crippen LogP contribution in [0.4, 0.5) is 0 Å². The molecule has 1 aliphatic heterocycles. The zero-order valence-corrected chi connectivity index (χ0v) is 17.0. The number of benzene rings is 3. The SMILES string of the molecule is Cc1c([C@H]2c3ccccc3C(=O)N2[C@H](C)c2ccccc2)c2ccccc2n1C. The van der Waals surface area contributed by atoms with Gasteiger partial charge >= 0.3 is 0 Å². The molecule has 3 aromatic carbocycles. The number of carbonyl (C=O) groups excluding carboxylic acids is 1. The van der Waals surface area contributed by atoms with E-state index < -0.39 is 0 Å². The van der Waals surface area contributed by atoms with Gasteiger partial charge in [-0.05, 0) is 37.1 Å². The van der Waals surface area contributed by atoms with Gasteiger partial charge in [-0.3, -0.25) is 4.79 Å². The van der Waals surface area contributed by atoms with Crippen LogP contribution in [-0.4, -0.2) is 15.4 Å². The van der Waals surface area contributed by atoms with Crippen molar-refractivity contribution in [1.82, 2.24) is 9.47 Å². The van der Waals surface area contributed by atoms with Crippen LogP contribution in [0.25, 0.3) is 10.9 Å². The van der Waals surface area contributed by atoms with E-state index in [2.05, 4.69) is 72.8 Å². The lowest BCUT2D eigenvalue weighted by Gasteiger charge is -2.32. The first-order valence-corrected chi connectivity index (χ1v) is 10.1. The summed E-state index contributed by atoms with van der Waals surface area (Å²) in [5, 5.41) is 1.22. The third-order valence-corrected chi connectivity index (χ3v) is 6.42. The molecule has 3 heteroatoms. The van der Waals surface area contributed by atoms with Crippen LogP contribution in [0.1, 0.15) is 51.7 Å². The van der Waals surface area contributed by atoms with Crippen LogP contribution in [0.2, 0.25) is 0 Å². The summed E-state index contributed by atoms with van der Waals surface area (Å²) in [5.41, 5.74) is 6.68. The molecule has 29 heavy (non-hydrogen) atoms. The molecular weight excluding hydrogens is 356 g/mol. The average Bonchev–Trinajstić information content (AvgIpc) is 3.19. The Kier molecular flexibility index (Phi) is 4.06. The molecule has 0 aliphatic carbocycles. The van der Waals surface area contributed by atoms with E-state index in [0.717, 1.165) is 16.7 Å². The van der Waals surface area contributed by atoms with Crippen LogP contribution in [0.5, 0.6) is 0 Å². The molecule has 4 aromatic rings. The van der Waals surface area contributed by atoms with Gasteiger partial charge in [0, 0.05) is 34.8 Å². The van der Waals surface area contributed by atoms with Crippen molar-refractivity contribution in [3.63, 3.8) is 0 Å². The molecule has 0 bridgehead atoms. The van der Waals surface area contributed by atoms with Crippen LogP contribution < -0.4 is 0 Å². The highest BCUT2D eigenvalue weighted by atomic mass is 16.2. The molecule has 3 nitrogen and oxygen atoms in total. The molecule has 1 amide bonds. The fourth-order valence-electron chi connectivity index (χ4n) is 4.82. The number of carbonyl (C=O) groups is 1. The molecule has 1 aliphatic rings. The Balaban J connectivity index is 1.77. The predicted molar refractivity (Wildman–Crippen MR) is 117 cm³/mol. The monoisotopic (exact) mass is 380 g/mol. The number of amides is 1. The molecule has 1 aromatic heterocycles. The number of rotatable bonds is 3. The van der Waals surface area contributed by atoms with E-state index >= 15 is 0 Å². The smallest absolute Gasteiger partial charge is 0.255 e. The van der Waals surface area contributed by atoms with E-state index in [4.69, 9.17) is 0 Å². The zero-order chi connectivity index (χ0) is 20.1. The van der Waals surface area contributed by atoms with Crippen molar-refractivity contribution in [2.75, 3.05) is 0 Å². The van der Waals surface area contributed by atoms with Gasteiger partial charge in [-0.25, -0.2) is 0 Å². The van der Waals surface area contributed by atoms with Crippen molar-refractivity contribution in [3.8, 4) is 0 Å². The summed E-state index contributed by atoms with van der Waals surface area (Å²) in [5.74, 6) is 0.106. The van der Waals surface area contributed by atoms with Crippen LogP contribution in [0.3, 0.4) is 0 Å². The lowest BCUT2D eigenvalue weighted by molar-refractivity contribution is 0.0677. The van der Waals surface area contributed by atoms with Gasteiger partial charge in [-0.15, -0.1) is 0 Å². The second-order valence-electron chi connectivity index (χ2n) is 7.86. The molecule has 2 heterocycles. The van der Waals surface area contributed by atoms with Crippen molar-refractivity contribution in [3.05, 3.63) is 107 Å². The van der Waals surface area contributed by atoms with E-state index in [1.807, 2.05) is 36.4 Å². The minimum atomic E-state index is -0.0972. The molecule has 144 valence electrons. The number of hydrogen-bond acceptors (Lipinski definition) is 1. The van der Waals surface area contributed by atoms with E-state index in [1.165, 1.54) is 22.2 Å². The fraction of sp³-hybridized carbons (Fsp3) is 0.192. The van der Waals surface area contributed by atoms with Crippen molar-refractivity contribution < 1.29 is 4.79 Å². The highest BCUT2D eigenvalue weighted by molar-refractivity contribution is 6.01. The maximum Gasteiger partial charge on any atom is 0.255 e. The zero-order valence-electron chi connectivity index (χ0n) is 17.0. The quantitative estimate of drug-likeness (QED) is 0.441.